The number of nitro groups is 1. The number of nitrogens with two attached hydrogens (primary N) is 1. The standard InChI is InChI=1S/C17H14N4O5S/c1-11-16(10-12-3-2-4-14(9-12)21(23)24)17(22)20(19-11)13-5-7-15(8-6-13)27(18,25)26/h2-10H,1H3,(H2,18,25,26)/b16-10+. The van der Waals surface area contributed by atoms with Gasteiger partial charge in [-0.1, -0.05) is 12.1 Å². The van der Waals surface area contributed by atoms with Gasteiger partial charge >= 0.3 is 0 Å². The molecule has 9 nitrogen and oxygen atoms in total. The molecule has 1 heterocycles. The Morgan fingerprint density at radius 3 is 2.44 bits per heavy atom. The van der Waals surface area contributed by atoms with E-state index in [9.17, 15) is 23.3 Å². The van der Waals surface area contributed by atoms with Crippen molar-refractivity contribution in [1.29, 1.82) is 0 Å². The zero-order valence-corrected chi connectivity index (χ0v) is 14.9. The van der Waals surface area contributed by atoms with E-state index in [1.54, 1.807) is 13.0 Å². The molecule has 0 spiro atoms. The molecule has 2 aromatic carbocycles. The molecule has 1 aliphatic rings. The Kier molecular flexibility index (Phi) is 4.60. The second kappa shape index (κ2) is 6.74. The van der Waals surface area contributed by atoms with Crippen molar-refractivity contribution in [2.24, 2.45) is 10.2 Å². The molecule has 0 atom stereocenters. The summed E-state index contributed by atoms with van der Waals surface area (Å²) in [7, 11) is -3.84. The molecule has 0 aromatic heterocycles. The largest absolute Gasteiger partial charge is 0.280 e. The molecule has 0 saturated heterocycles. The van der Waals surface area contributed by atoms with Crippen molar-refractivity contribution in [2.75, 3.05) is 5.01 Å². The number of non-ortho nitro benzene ring substituents is 1. The molecule has 1 amide bonds. The number of primary sulfonamides is 1. The SMILES string of the molecule is CC1=NN(c2ccc(S(N)(=O)=O)cc2)C(=O)/C1=C/c1cccc([N+](=O)[O-])c1. The van der Waals surface area contributed by atoms with Crippen molar-refractivity contribution >= 4 is 39.1 Å². The van der Waals surface area contributed by atoms with Crippen LogP contribution in [0.15, 0.2) is 64.1 Å². The molecule has 0 saturated carbocycles. The van der Waals surface area contributed by atoms with E-state index in [0.717, 1.165) is 5.01 Å². The van der Waals surface area contributed by atoms with Crippen molar-refractivity contribution in [3.05, 3.63) is 69.8 Å². The van der Waals surface area contributed by atoms with Gasteiger partial charge in [-0.15, -0.1) is 0 Å². The molecule has 2 aromatic rings. The summed E-state index contributed by atoms with van der Waals surface area (Å²) in [5, 5.41) is 21.3. The van der Waals surface area contributed by atoms with Crippen LogP contribution in [0.25, 0.3) is 6.08 Å². The van der Waals surface area contributed by atoms with Crippen LogP contribution in [-0.4, -0.2) is 25.0 Å². The normalized spacial score (nSPS) is 15.9. The van der Waals surface area contributed by atoms with E-state index in [-0.39, 0.29) is 16.2 Å². The number of nitro benzene ring substituents is 1. The second-order valence-electron chi connectivity index (χ2n) is 5.75. The minimum atomic E-state index is -3.84. The number of carbonyl (C=O) groups excluding carboxylic acids is 1. The summed E-state index contributed by atoms with van der Waals surface area (Å²) in [6.07, 6.45) is 1.52. The lowest BCUT2D eigenvalue weighted by molar-refractivity contribution is -0.384. The average Bonchev–Trinajstić information content (AvgIpc) is 2.89. The van der Waals surface area contributed by atoms with Crippen LogP contribution in [0.2, 0.25) is 0 Å². The van der Waals surface area contributed by atoms with Gasteiger partial charge in [-0.25, -0.2) is 13.6 Å². The summed E-state index contributed by atoms with van der Waals surface area (Å²) in [4.78, 5) is 23.0. The van der Waals surface area contributed by atoms with Gasteiger partial charge in [-0.05, 0) is 42.8 Å². The number of benzene rings is 2. The summed E-state index contributed by atoms with van der Waals surface area (Å²) in [5.74, 6) is -0.428. The maximum Gasteiger partial charge on any atom is 0.280 e. The summed E-state index contributed by atoms with van der Waals surface area (Å²) >= 11 is 0. The zero-order valence-electron chi connectivity index (χ0n) is 14.1. The van der Waals surface area contributed by atoms with E-state index in [1.807, 2.05) is 0 Å². The third-order valence-corrected chi connectivity index (χ3v) is 4.79. The fourth-order valence-electron chi connectivity index (χ4n) is 2.53. The smallest absolute Gasteiger partial charge is 0.267 e. The van der Waals surface area contributed by atoms with E-state index >= 15 is 0 Å². The van der Waals surface area contributed by atoms with Crippen LogP contribution >= 0.6 is 0 Å². The van der Waals surface area contributed by atoms with E-state index in [4.69, 9.17) is 5.14 Å². The van der Waals surface area contributed by atoms with Crippen molar-refractivity contribution in [3.8, 4) is 0 Å². The van der Waals surface area contributed by atoms with Gasteiger partial charge in [0.2, 0.25) is 10.0 Å². The van der Waals surface area contributed by atoms with Crippen LogP contribution in [0.1, 0.15) is 12.5 Å². The Balaban J connectivity index is 1.92. The Morgan fingerprint density at radius 1 is 1.19 bits per heavy atom. The first-order valence-corrected chi connectivity index (χ1v) is 9.20. The maximum atomic E-state index is 12.7. The summed E-state index contributed by atoms with van der Waals surface area (Å²) in [6, 6.07) is 11.3. The Bertz CT molecular complexity index is 1100. The highest BCUT2D eigenvalue weighted by molar-refractivity contribution is 7.89. The number of anilines is 1. The molecule has 0 unspecified atom stereocenters. The van der Waals surface area contributed by atoms with Crippen LogP contribution in [0.5, 0.6) is 0 Å². The molecule has 3 rings (SSSR count). The maximum absolute atomic E-state index is 12.7. The van der Waals surface area contributed by atoms with E-state index in [0.29, 0.717) is 17.0 Å². The summed E-state index contributed by atoms with van der Waals surface area (Å²) in [5.41, 5.74) is 1.50. The van der Waals surface area contributed by atoms with Gasteiger partial charge in [-0.3, -0.25) is 14.9 Å². The second-order valence-corrected chi connectivity index (χ2v) is 7.31. The van der Waals surface area contributed by atoms with Crippen LogP contribution < -0.4 is 10.1 Å². The molecular formula is C17H14N4O5S. The minimum Gasteiger partial charge on any atom is -0.267 e. The number of carbonyl (C=O) groups is 1. The predicted molar refractivity (Wildman–Crippen MR) is 99.5 cm³/mol. The number of rotatable bonds is 4. The third kappa shape index (κ3) is 3.76. The van der Waals surface area contributed by atoms with Gasteiger partial charge in [-0.2, -0.15) is 10.1 Å². The van der Waals surface area contributed by atoms with Gasteiger partial charge in [0.25, 0.3) is 11.6 Å². The van der Waals surface area contributed by atoms with Crippen molar-refractivity contribution < 1.29 is 18.1 Å². The number of amides is 1. The van der Waals surface area contributed by atoms with Crippen molar-refractivity contribution in [1.82, 2.24) is 0 Å². The van der Waals surface area contributed by atoms with Crippen LogP contribution in [-0.2, 0) is 14.8 Å². The number of hydrazone groups is 1. The fourth-order valence-corrected chi connectivity index (χ4v) is 3.05. The first kappa shape index (κ1) is 18.4. The molecule has 0 radical (unpaired) electrons. The van der Waals surface area contributed by atoms with Crippen LogP contribution in [0, 0.1) is 10.1 Å². The Hall–Kier alpha value is -3.37. The Morgan fingerprint density at radius 2 is 1.85 bits per heavy atom. The molecule has 27 heavy (non-hydrogen) atoms. The number of sulfonamides is 1. The van der Waals surface area contributed by atoms with Gasteiger partial charge in [0.1, 0.15) is 0 Å². The molecule has 138 valence electrons. The molecule has 1 aliphatic heterocycles. The number of hydrogen-bond acceptors (Lipinski definition) is 6. The van der Waals surface area contributed by atoms with E-state index in [1.165, 1.54) is 48.5 Å². The highest BCUT2D eigenvalue weighted by atomic mass is 32.2. The lowest BCUT2D eigenvalue weighted by Gasteiger charge is -2.12. The molecule has 0 aliphatic carbocycles. The van der Waals surface area contributed by atoms with Crippen molar-refractivity contribution in [3.63, 3.8) is 0 Å². The third-order valence-electron chi connectivity index (χ3n) is 3.86. The molecule has 2 N–H and O–H groups in total. The first-order chi connectivity index (χ1) is 12.7. The van der Waals surface area contributed by atoms with Crippen LogP contribution in [0.4, 0.5) is 11.4 Å². The lowest BCUT2D eigenvalue weighted by atomic mass is 10.1. The lowest BCUT2D eigenvalue weighted by Crippen LogP contribution is -2.21. The van der Waals surface area contributed by atoms with Gasteiger partial charge < -0.3 is 0 Å². The quantitative estimate of drug-likeness (QED) is 0.487. The van der Waals surface area contributed by atoms with Gasteiger partial charge in [0.15, 0.2) is 0 Å². The Labute approximate surface area is 154 Å². The fraction of sp³-hybridized carbons (Fsp3) is 0.0588. The first-order valence-electron chi connectivity index (χ1n) is 7.66. The number of nitrogens with zero attached hydrogens (tertiary/aromatic N) is 3. The average molecular weight is 386 g/mol. The predicted octanol–water partition coefficient (Wildman–Crippen LogP) is 2.05. The zero-order chi connectivity index (χ0) is 19.8. The molecule has 0 fully saturated rings. The highest BCUT2D eigenvalue weighted by Crippen LogP contribution is 2.26. The highest BCUT2D eigenvalue weighted by Gasteiger charge is 2.29. The minimum absolute atomic E-state index is 0.0778. The monoisotopic (exact) mass is 386 g/mol. The number of hydrogen-bond donors (Lipinski definition) is 1. The summed E-state index contributed by atoms with van der Waals surface area (Å²) in [6.45, 7) is 1.64. The topological polar surface area (TPSA) is 136 Å². The van der Waals surface area contributed by atoms with Crippen LogP contribution in [0.3, 0.4) is 0 Å². The summed E-state index contributed by atoms with van der Waals surface area (Å²) < 4.78 is 22.7. The van der Waals surface area contributed by atoms with Gasteiger partial charge in [0, 0.05) is 12.1 Å². The molecular weight excluding hydrogens is 372 g/mol. The molecule has 0 bridgehead atoms. The van der Waals surface area contributed by atoms with Crippen molar-refractivity contribution in [2.45, 2.75) is 11.8 Å². The van der Waals surface area contributed by atoms with Gasteiger partial charge in [0.05, 0.1) is 26.8 Å². The van der Waals surface area contributed by atoms with E-state index in [2.05, 4.69) is 5.10 Å². The van der Waals surface area contributed by atoms with E-state index < -0.39 is 20.9 Å². The molecule has 10 heteroatoms.